The highest BCUT2D eigenvalue weighted by atomic mass is 19.1. The van der Waals surface area contributed by atoms with Gasteiger partial charge >= 0.3 is 0 Å². The number of aliphatic hydroxyl groups is 1. The first-order chi connectivity index (χ1) is 12.9. The van der Waals surface area contributed by atoms with E-state index in [-0.39, 0.29) is 24.5 Å². The van der Waals surface area contributed by atoms with Crippen LogP contribution in [0.15, 0.2) is 30.7 Å². The van der Waals surface area contributed by atoms with E-state index in [9.17, 15) is 13.9 Å². The summed E-state index contributed by atoms with van der Waals surface area (Å²) in [6.45, 7) is 3.30. The van der Waals surface area contributed by atoms with Gasteiger partial charge in [0.2, 0.25) is 0 Å². The molecular formula is C22H30F2N2O. The van der Waals surface area contributed by atoms with Gasteiger partial charge in [0.1, 0.15) is 5.82 Å². The Morgan fingerprint density at radius 1 is 1.19 bits per heavy atom. The van der Waals surface area contributed by atoms with Gasteiger partial charge in [-0.2, -0.15) is 0 Å². The van der Waals surface area contributed by atoms with Crippen molar-refractivity contribution in [1.29, 1.82) is 0 Å². The summed E-state index contributed by atoms with van der Waals surface area (Å²) < 4.78 is 29.0. The molecule has 1 aliphatic heterocycles. The highest BCUT2D eigenvalue weighted by Crippen LogP contribution is 2.42. The van der Waals surface area contributed by atoms with E-state index in [0.717, 1.165) is 55.3 Å². The van der Waals surface area contributed by atoms with Gasteiger partial charge in [0.15, 0.2) is 0 Å². The number of hydrogen-bond donors (Lipinski definition) is 1. The summed E-state index contributed by atoms with van der Waals surface area (Å²) in [5.74, 6) is -0.0207. The average molecular weight is 376 g/mol. The fourth-order valence-electron chi connectivity index (χ4n) is 4.36. The van der Waals surface area contributed by atoms with Crippen LogP contribution in [-0.2, 0) is 0 Å². The first kappa shape index (κ1) is 20.0. The van der Waals surface area contributed by atoms with Crippen LogP contribution in [0.5, 0.6) is 0 Å². The fraction of sp³-hybridized carbons (Fsp3) is 0.591. The molecule has 27 heavy (non-hydrogen) atoms. The van der Waals surface area contributed by atoms with Gasteiger partial charge < -0.3 is 9.67 Å². The smallest absolute Gasteiger partial charge is 0.129 e. The molecule has 148 valence electrons. The molecule has 0 spiro atoms. The van der Waals surface area contributed by atoms with Crippen molar-refractivity contribution in [3.63, 3.8) is 0 Å². The number of imidazole rings is 1. The molecule has 0 amide bonds. The molecule has 0 fully saturated rings. The molecule has 1 aromatic heterocycles. The van der Waals surface area contributed by atoms with Gasteiger partial charge in [0.25, 0.3) is 0 Å². The largest absolute Gasteiger partial charge is 0.390 e. The van der Waals surface area contributed by atoms with E-state index in [1.54, 1.807) is 18.6 Å². The van der Waals surface area contributed by atoms with Crippen molar-refractivity contribution >= 4 is 0 Å². The molecule has 2 heterocycles. The van der Waals surface area contributed by atoms with E-state index in [4.69, 9.17) is 0 Å². The van der Waals surface area contributed by atoms with Gasteiger partial charge in [-0.15, -0.1) is 0 Å². The van der Waals surface area contributed by atoms with Gasteiger partial charge in [-0.3, -0.25) is 4.39 Å². The lowest BCUT2D eigenvalue weighted by Crippen LogP contribution is -2.31. The van der Waals surface area contributed by atoms with Crippen LogP contribution in [0.2, 0.25) is 0 Å². The lowest BCUT2D eigenvalue weighted by molar-refractivity contribution is 0.00680. The maximum absolute atomic E-state index is 14.4. The summed E-state index contributed by atoms with van der Waals surface area (Å²) in [6, 6.07) is 5.26. The SMILES string of the molecule is CC(C)(O)C(CCCF)CCCCCC1c2c(F)cccc2-c2cncn21. The molecule has 2 aromatic rings. The summed E-state index contributed by atoms with van der Waals surface area (Å²) >= 11 is 0. The number of rotatable bonds is 10. The molecule has 2 atom stereocenters. The molecule has 2 unspecified atom stereocenters. The molecule has 5 heteroatoms. The topological polar surface area (TPSA) is 38.1 Å². The fourth-order valence-corrected chi connectivity index (χ4v) is 4.36. The summed E-state index contributed by atoms with van der Waals surface area (Å²) in [4.78, 5) is 4.23. The molecule has 1 N–H and O–H groups in total. The number of unbranched alkanes of at least 4 members (excludes halogenated alkanes) is 2. The highest BCUT2D eigenvalue weighted by Gasteiger charge is 2.30. The normalized spacial score (nSPS) is 17.0. The second kappa shape index (κ2) is 8.51. The number of alkyl halides is 1. The van der Waals surface area contributed by atoms with Gasteiger partial charge in [-0.05, 0) is 51.5 Å². The summed E-state index contributed by atoms with van der Waals surface area (Å²) in [6.07, 6.45) is 9.59. The lowest BCUT2D eigenvalue weighted by atomic mass is 9.83. The van der Waals surface area contributed by atoms with Crippen molar-refractivity contribution in [2.24, 2.45) is 5.92 Å². The molecule has 3 nitrogen and oxygen atoms in total. The quantitative estimate of drug-likeness (QED) is 0.542. The minimum atomic E-state index is -0.769. The monoisotopic (exact) mass is 376 g/mol. The predicted molar refractivity (Wildman–Crippen MR) is 104 cm³/mol. The second-order valence-corrected chi connectivity index (χ2v) is 8.22. The van der Waals surface area contributed by atoms with Crippen LogP contribution in [0.1, 0.15) is 70.4 Å². The molecule has 0 radical (unpaired) electrons. The maximum Gasteiger partial charge on any atom is 0.129 e. The van der Waals surface area contributed by atoms with Crippen molar-refractivity contribution in [1.82, 2.24) is 9.55 Å². The lowest BCUT2D eigenvalue weighted by Gasteiger charge is -2.29. The van der Waals surface area contributed by atoms with E-state index in [0.29, 0.717) is 6.42 Å². The van der Waals surface area contributed by atoms with Gasteiger partial charge in [0, 0.05) is 11.1 Å². The standard InChI is InChI=1S/C22H30F2N2O/c1-22(2,27)16(9-7-13-23)8-4-3-5-12-19-21-17(10-6-11-18(21)24)20-14-25-15-26(19)20/h6,10-11,14-16,19,27H,3-5,7-9,12-13H2,1-2H3. The Morgan fingerprint density at radius 2 is 1.96 bits per heavy atom. The van der Waals surface area contributed by atoms with Gasteiger partial charge in [-0.25, -0.2) is 9.37 Å². The van der Waals surface area contributed by atoms with Gasteiger partial charge in [-0.1, -0.05) is 31.4 Å². The third-order valence-corrected chi connectivity index (χ3v) is 5.88. The van der Waals surface area contributed by atoms with Crippen LogP contribution < -0.4 is 0 Å². The Hall–Kier alpha value is -1.75. The average Bonchev–Trinajstić information content (AvgIpc) is 3.19. The number of benzene rings is 1. The van der Waals surface area contributed by atoms with E-state index < -0.39 is 5.60 Å². The molecule has 0 bridgehead atoms. The Kier molecular flexibility index (Phi) is 6.30. The van der Waals surface area contributed by atoms with E-state index >= 15 is 0 Å². The van der Waals surface area contributed by atoms with Crippen molar-refractivity contribution in [2.75, 3.05) is 6.67 Å². The summed E-state index contributed by atoms with van der Waals surface area (Å²) in [5, 5.41) is 10.3. The predicted octanol–water partition coefficient (Wildman–Crippen LogP) is 5.68. The number of nitrogens with zero attached hydrogens (tertiary/aromatic N) is 2. The maximum atomic E-state index is 14.4. The Morgan fingerprint density at radius 3 is 2.70 bits per heavy atom. The second-order valence-electron chi connectivity index (χ2n) is 8.22. The van der Waals surface area contributed by atoms with Crippen LogP contribution in [0, 0.1) is 11.7 Å². The Balaban J connectivity index is 1.54. The zero-order valence-electron chi connectivity index (χ0n) is 16.3. The third-order valence-electron chi connectivity index (χ3n) is 5.88. The van der Waals surface area contributed by atoms with Crippen LogP contribution >= 0.6 is 0 Å². The van der Waals surface area contributed by atoms with Crippen molar-refractivity contribution in [3.8, 4) is 11.3 Å². The van der Waals surface area contributed by atoms with Crippen LogP contribution in [0.25, 0.3) is 11.3 Å². The molecule has 3 rings (SSSR count). The van der Waals surface area contributed by atoms with Crippen molar-refractivity contribution in [3.05, 3.63) is 42.1 Å². The molecular weight excluding hydrogens is 346 g/mol. The zero-order chi connectivity index (χ0) is 19.4. The highest BCUT2D eigenvalue weighted by molar-refractivity contribution is 5.69. The van der Waals surface area contributed by atoms with Crippen LogP contribution in [0.4, 0.5) is 8.78 Å². The van der Waals surface area contributed by atoms with Gasteiger partial charge in [0.05, 0.1) is 36.5 Å². The number of halogens is 2. The summed E-state index contributed by atoms with van der Waals surface area (Å²) in [5.41, 5.74) is 1.95. The first-order valence-corrected chi connectivity index (χ1v) is 10.0. The van der Waals surface area contributed by atoms with E-state index in [1.165, 1.54) is 6.07 Å². The van der Waals surface area contributed by atoms with Crippen LogP contribution in [-0.4, -0.2) is 26.9 Å². The minimum Gasteiger partial charge on any atom is -0.390 e. The molecule has 1 aliphatic rings. The van der Waals surface area contributed by atoms with E-state index in [2.05, 4.69) is 9.55 Å². The van der Waals surface area contributed by atoms with E-state index in [1.807, 2.05) is 19.9 Å². The Labute approximate surface area is 160 Å². The number of fused-ring (bicyclic) bond motifs is 3. The zero-order valence-corrected chi connectivity index (χ0v) is 16.3. The molecule has 1 aromatic carbocycles. The molecule has 0 aliphatic carbocycles. The Bertz CT molecular complexity index is 751. The minimum absolute atomic E-state index is 0.00955. The number of hydrogen-bond acceptors (Lipinski definition) is 2. The van der Waals surface area contributed by atoms with Crippen molar-refractivity contribution in [2.45, 2.75) is 70.4 Å². The first-order valence-electron chi connectivity index (χ1n) is 10.0. The molecule has 0 saturated carbocycles. The third kappa shape index (κ3) is 4.40. The molecule has 0 saturated heterocycles. The number of aromatic nitrogens is 2. The van der Waals surface area contributed by atoms with Crippen LogP contribution in [0.3, 0.4) is 0 Å². The summed E-state index contributed by atoms with van der Waals surface area (Å²) in [7, 11) is 0. The van der Waals surface area contributed by atoms with Crippen molar-refractivity contribution < 1.29 is 13.9 Å².